The van der Waals surface area contributed by atoms with Crippen LogP contribution in [0.2, 0.25) is 0 Å². The number of nitrogens with one attached hydrogen (secondary N) is 1. The molecule has 0 heterocycles. The number of hydrogen-bond donors (Lipinski definition) is 3. The first-order valence-electron chi connectivity index (χ1n) is 6.59. The van der Waals surface area contributed by atoms with E-state index in [-0.39, 0.29) is 23.5 Å². The molecule has 1 amide bonds. The first-order chi connectivity index (χ1) is 7.96. The highest BCUT2D eigenvalue weighted by atomic mass is 16.3. The zero-order valence-corrected chi connectivity index (χ0v) is 11.1. The average molecular weight is 242 g/mol. The molecule has 1 aliphatic carbocycles. The summed E-state index contributed by atoms with van der Waals surface area (Å²) in [7, 11) is 0. The number of aliphatic hydroxyl groups excluding tert-OH is 1. The van der Waals surface area contributed by atoms with E-state index in [4.69, 9.17) is 10.8 Å². The van der Waals surface area contributed by atoms with Gasteiger partial charge in [-0.2, -0.15) is 0 Å². The van der Waals surface area contributed by atoms with Gasteiger partial charge in [-0.3, -0.25) is 4.79 Å². The van der Waals surface area contributed by atoms with Crippen molar-refractivity contribution in [2.75, 3.05) is 13.2 Å². The van der Waals surface area contributed by atoms with E-state index < -0.39 is 0 Å². The first kappa shape index (κ1) is 14.5. The monoisotopic (exact) mass is 242 g/mol. The highest BCUT2D eigenvalue weighted by Crippen LogP contribution is 2.36. The number of aliphatic hydroxyl groups is 1. The molecule has 0 bridgehead atoms. The van der Waals surface area contributed by atoms with Gasteiger partial charge in [0, 0.05) is 18.7 Å². The van der Waals surface area contributed by atoms with Crippen molar-refractivity contribution in [2.45, 2.75) is 57.9 Å². The van der Waals surface area contributed by atoms with Crippen LogP contribution < -0.4 is 11.1 Å². The predicted molar refractivity (Wildman–Crippen MR) is 68.5 cm³/mol. The van der Waals surface area contributed by atoms with Gasteiger partial charge in [0.25, 0.3) is 0 Å². The second-order valence-electron chi connectivity index (χ2n) is 5.86. The van der Waals surface area contributed by atoms with Crippen molar-refractivity contribution in [3.05, 3.63) is 0 Å². The molecular formula is C13H26N2O2. The molecule has 4 N–H and O–H groups in total. The van der Waals surface area contributed by atoms with Gasteiger partial charge in [0.15, 0.2) is 0 Å². The summed E-state index contributed by atoms with van der Waals surface area (Å²) in [6, 6.07) is 0. The van der Waals surface area contributed by atoms with Crippen LogP contribution in [0.3, 0.4) is 0 Å². The van der Waals surface area contributed by atoms with Crippen LogP contribution in [0.5, 0.6) is 0 Å². The SMILES string of the molecule is CC(C)(CCO)NC(=O)C1(CN)CCCCC1. The van der Waals surface area contributed by atoms with Gasteiger partial charge in [0.1, 0.15) is 0 Å². The molecule has 4 nitrogen and oxygen atoms in total. The smallest absolute Gasteiger partial charge is 0.227 e. The fourth-order valence-corrected chi connectivity index (χ4v) is 2.53. The van der Waals surface area contributed by atoms with Crippen LogP contribution in [0.25, 0.3) is 0 Å². The minimum atomic E-state index is -0.370. The summed E-state index contributed by atoms with van der Waals surface area (Å²) in [6.45, 7) is 4.39. The first-order valence-corrected chi connectivity index (χ1v) is 6.59. The second-order valence-corrected chi connectivity index (χ2v) is 5.86. The summed E-state index contributed by atoms with van der Waals surface area (Å²) >= 11 is 0. The number of hydrogen-bond acceptors (Lipinski definition) is 3. The van der Waals surface area contributed by atoms with E-state index in [0.717, 1.165) is 25.7 Å². The van der Waals surface area contributed by atoms with Gasteiger partial charge in [-0.1, -0.05) is 19.3 Å². The van der Waals surface area contributed by atoms with E-state index in [1.165, 1.54) is 6.42 Å². The van der Waals surface area contributed by atoms with Gasteiger partial charge in [-0.15, -0.1) is 0 Å². The standard InChI is InChI=1S/C13H26N2O2/c1-12(2,8-9-16)15-11(17)13(10-14)6-4-3-5-7-13/h16H,3-10,14H2,1-2H3,(H,15,17). The molecule has 100 valence electrons. The lowest BCUT2D eigenvalue weighted by atomic mass is 9.73. The van der Waals surface area contributed by atoms with Gasteiger partial charge in [-0.05, 0) is 33.1 Å². The predicted octanol–water partition coefficient (Wildman–Crippen LogP) is 1.17. The van der Waals surface area contributed by atoms with Crippen LogP contribution >= 0.6 is 0 Å². The van der Waals surface area contributed by atoms with Gasteiger partial charge >= 0.3 is 0 Å². The summed E-state index contributed by atoms with van der Waals surface area (Å²) in [4.78, 5) is 12.4. The Kier molecular flexibility index (Phi) is 4.95. The fourth-order valence-electron chi connectivity index (χ4n) is 2.53. The van der Waals surface area contributed by atoms with Gasteiger partial charge in [0.05, 0.1) is 5.41 Å². The Balaban J connectivity index is 2.66. The van der Waals surface area contributed by atoms with Crippen molar-refractivity contribution >= 4 is 5.91 Å². The molecule has 0 aromatic rings. The van der Waals surface area contributed by atoms with E-state index >= 15 is 0 Å². The Morgan fingerprint density at radius 3 is 2.41 bits per heavy atom. The summed E-state index contributed by atoms with van der Waals surface area (Å²) in [5.74, 6) is 0.0677. The van der Waals surface area contributed by atoms with Crippen molar-refractivity contribution in [1.29, 1.82) is 0 Å². The molecule has 1 aliphatic rings. The van der Waals surface area contributed by atoms with Gasteiger partial charge in [0.2, 0.25) is 5.91 Å². The molecule has 17 heavy (non-hydrogen) atoms. The Morgan fingerprint density at radius 1 is 1.35 bits per heavy atom. The third-order valence-corrected chi connectivity index (χ3v) is 3.87. The fraction of sp³-hybridized carbons (Fsp3) is 0.923. The molecular weight excluding hydrogens is 216 g/mol. The number of amides is 1. The molecule has 0 unspecified atom stereocenters. The third kappa shape index (κ3) is 3.68. The van der Waals surface area contributed by atoms with Gasteiger partial charge < -0.3 is 16.2 Å². The van der Waals surface area contributed by atoms with Crippen LogP contribution in [0.4, 0.5) is 0 Å². The Bertz CT molecular complexity index is 258. The lowest BCUT2D eigenvalue weighted by Gasteiger charge is -2.38. The number of rotatable bonds is 5. The maximum absolute atomic E-state index is 12.4. The molecule has 0 radical (unpaired) electrons. The van der Waals surface area contributed by atoms with Crippen molar-refractivity contribution in [1.82, 2.24) is 5.32 Å². The quantitative estimate of drug-likeness (QED) is 0.677. The third-order valence-electron chi connectivity index (χ3n) is 3.87. The Morgan fingerprint density at radius 2 is 1.94 bits per heavy atom. The van der Waals surface area contributed by atoms with E-state index in [9.17, 15) is 4.79 Å². The molecule has 0 saturated heterocycles. The minimum absolute atomic E-state index is 0.0677. The summed E-state index contributed by atoms with van der Waals surface area (Å²) < 4.78 is 0. The summed E-state index contributed by atoms with van der Waals surface area (Å²) in [6.07, 6.45) is 5.74. The topological polar surface area (TPSA) is 75.3 Å². The molecule has 4 heteroatoms. The number of carbonyl (C=O) groups is 1. The highest BCUT2D eigenvalue weighted by molar-refractivity contribution is 5.83. The normalized spacial score (nSPS) is 20.0. The highest BCUT2D eigenvalue weighted by Gasteiger charge is 2.39. The zero-order chi connectivity index (χ0) is 12.9. The lowest BCUT2D eigenvalue weighted by molar-refractivity contribution is -0.134. The molecule has 1 rings (SSSR count). The van der Waals surface area contributed by atoms with Crippen LogP contribution in [-0.2, 0) is 4.79 Å². The van der Waals surface area contributed by atoms with E-state index in [1.54, 1.807) is 0 Å². The van der Waals surface area contributed by atoms with Crippen molar-refractivity contribution in [2.24, 2.45) is 11.1 Å². The van der Waals surface area contributed by atoms with E-state index in [2.05, 4.69) is 5.32 Å². The van der Waals surface area contributed by atoms with Crippen LogP contribution in [0.1, 0.15) is 52.4 Å². The molecule has 0 aromatic carbocycles. The molecule has 1 fully saturated rings. The largest absolute Gasteiger partial charge is 0.396 e. The summed E-state index contributed by atoms with van der Waals surface area (Å²) in [5.41, 5.74) is 5.10. The van der Waals surface area contributed by atoms with Crippen LogP contribution in [-0.4, -0.2) is 29.7 Å². The maximum atomic E-state index is 12.4. The van der Waals surface area contributed by atoms with Gasteiger partial charge in [-0.25, -0.2) is 0 Å². The zero-order valence-electron chi connectivity index (χ0n) is 11.1. The second kappa shape index (κ2) is 5.83. The van der Waals surface area contributed by atoms with Crippen LogP contribution in [0.15, 0.2) is 0 Å². The number of carbonyl (C=O) groups excluding carboxylic acids is 1. The minimum Gasteiger partial charge on any atom is -0.396 e. The molecule has 0 atom stereocenters. The Hall–Kier alpha value is -0.610. The lowest BCUT2D eigenvalue weighted by Crippen LogP contribution is -2.54. The van der Waals surface area contributed by atoms with Crippen molar-refractivity contribution in [3.63, 3.8) is 0 Å². The molecule has 0 aromatic heterocycles. The molecule has 1 saturated carbocycles. The number of nitrogens with two attached hydrogens (primary N) is 1. The van der Waals surface area contributed by atoms with E-state index in [1.807, 2.05) is 13.8 Å². The van der Waals surface area contributed by atoms with Crippen LogP contribution in [0, 0.1) is 5.41 Å². The average Bonchev–Trinajstić information content (AvgIpc) is 2.29. The molecule has 0 spiro atoms. The maximum Gasteiger partial charge on any atom is 0.227 e. The summed E-state index contributed by atoms with van der Waals surface area (Å²) in [5, 5.41) is 12.0. The van der Waals surface area contributed by atoms with Crippen molar-refractivity contribution < 1.29 is 9.90 Å². The van der Waals surface area contributed by atoms with Crippen molar-refractivity contribution in [3.8, 4) is 0 Å². The molecule has 0 aliphatic heterocycles. The Labute approximate surface area is 104 Å². The van der Waals surface area contributed by atoms with E-state index in [0.29, 0.717) is 13.0 Å².